The molecule has 0 amide bonds. The lowest BCUT2D eigenvalue weighted by Gasteiger charge is -2.16. The molecule has 0 saturated carbocycles. The zero-order valence-electron chi connectivity index (χ0n) is 18.1. The fourth-order valence-electron chi connectivity index (χ4n) is 5.37. The summed E-state index contributed by atoms with van der Waals surface area (Å²) in [4.78, 5) is 0. The van der Waals surface area contributed by atoms with E-state index < -0.39 is 0 Å². The fraction of sp³-hybridized carbons (Fsp3) is 0.138. The summed E-state index contributed by atoms with van der Waals surface area (Å²) in [5, 5.41) is 11.4. The van der Waals surface area contributed by atoms with Crippen molar-refractivity contribution in [2.75, 3.05) is 12.4 Å². The second-order valence-electron chi connectivity index (χ2n) is 9.03. The highest BCUT2D eigenvalue weighted by Crippen LogP contribution is 2.40. The van der Waals surface area contributed by atoms with Crippen LogP contribution in [0.3, 0.4) is 0 Å². The van der Waals surface area contributed by atoms with Gasteiger partial charge >= 0.3 is 0 Å². The molecular weight excluding hydrogens is 376 g/mol. The van der Waals surface area contributed by atoms with E-state index in [-0.39, 0.29) is 5.41 Å². The summed E-state index contributed by atoms with van der Waals surface area (Å²) in [6.07, 6.45) is 4.31. The first kappa shape index (κ1) is 18.1. The SMILES string of the molecule is C[N+]1=C(C=CNc2ccc3ccc4cccc5ccc2c3c45)C(C)(C)c2ccccc21. The Balaban J connectivity index is 1.42. The summed E-state index contributed by atoms with van der Waals surface area (Å²) in [5.41, 5.74) is 5.07. The van der Waals surface area contributed by atoms with Gasteiger partial charge < -0.3 is 5.32 Å². The average molecular weight is 402 g/mol. The molecule has 6 rings (SSSR count). The maximum Gasteiger partial charge on any atom is 0.209 e. The van der Waals surface area contributed by atoms with Crippen molar-refractivity contribution < 1.29 is 4.58 Å². The number of hydrogen-bond acceptors (Lipinski definition) is 1. The molecule has 150 valence electrons. The van der Waals surface area contributed by atoms with Crippen molar-refractivity contribution >= 4 is 49.4 Å². The summed E-state index contributed by atoms with van der Waals surface area (Å²) >= 11 is 0. The third-order valence-electron chi connectivity index (χ3n) is 6.95. The maximum atomic E-state index is 3.58. The first-order valence-corrected chi connectivity index (χ1v) is 10.9. The smallest absolute Gasteiger partial charge is 0.209 e. The van der Waals surface area contributed by atoms with Crippen LogP contribution in [0, 0.1) is 0 Å². The van der Waals surface area contributed by atoms with Crippen LogP contribution in [0.1, 0.15) is 19.4 Å². The molecule has 0 fully saturated rings. The van der Waals surface area contributed by atoms with Gasteiger partial charge in [0.15, 0.2) is 5.71 Å². The number of nitrogens with one attached hydrogen (secondary N) is 1. The maximum absolute atomic E-state index is 3.58. The quantitative estimate of drug-likeness (QED) is 0.249. The number of benzene rings is 5. The molecule has 0 spiro atoms. The van der Waals surface area contributed by atoms with Gasteiger partial charge in [-0.15, -0.1) is 0 Å². The van der Waals surface area contributed by atoms with Gasteiger partial charge in [-0.05, 0) is 46.8 Å². The molecule has 0 unspecified atom stereocenters. The summed E-state index contributed by atoms with van der Waals surface area (Å²) < 4.78 is 2.30. The van der Waals surface area contributed by atoms with Gasteiger partial charge in [0.05, 0.1) is 5.41 Å². The van der Waals surface area contributed by atoms with Gasteiger partial charge in [-0.2, -0.15) is 4.58 Å². The van der Waals surface area contributed by atoms with E-state index in [1.807, 2.05) is 0 Å². The molecule has 1 N–H and O–H groups in total. The van der Waals surface area contributed by atoms with E-state index >= 15 is 0 Å². The largest absolute Gasteiger partial charge is 0.361 e. The third-order valence-corrected chi connectivity index (χ3v) is 6.95. The highest BCUT2D eigenvalue weighted by Gasteiger charge is 2.42. The predicted octanol–water partition coefficient (Wildman–Crippen LogP) is 7.22. The van der Waals surface area contributed by atoms with E-state index in [0.717, 1.165) is 5.69 Å². The standard InChI is InChI=1S/C29H24N2/c1-29(2)23-9-4-5-10-25(23)31(3)26(29)17-18-30-24-16-14-21-12-11-19-7-6-8-20-13-15-22(24)28(21)27(19)20/h4-18H,1-3H3/p+1. The molecule has 0 bridgehead atoms. The van der Waals surface area contributed by atoms with Gasteiger partial charge in [0.2, 0.25) is 5.69 Å². The zero-order chi connectivity index (χ0) is 21.2. The Morgan fingerprint density at radius 1 is 0.742 bits per heavy atom. The molecule has 1 aliphatic heterocycles. The Hall–Kier alpha value is -3.65. The van der Waals surface area contributed by atoms with Crippen molar-refractivity contribution in [1.29, 1.82) is 0 Å². The Kier molecular flexibility index (Phi) is 3.76. The summed E-state index contributed by atoms with van der Waals surface area (Å²) in [6, 6.07) is 28.6. The third kappa shape index (κ3) is 2.55. The van der Waals surface area contributed by atoms with Crippen LogP contribution in [0.25, 0.3) is 32.3 Å². The topological polar surface area (TPSA) is 15.0 Å². The van der Waals surface area contributed by atoms with E-state index in [0.29, 0.717) is 0 Å². The van der Waals surface area contributed by atoms with Crippen LogP contribution in [-0.2, 0) is 5.41 Å². The number of para-hydroxylation sites is 1. The molecule has 2 nitrogen and oxygen atoms in total. The van der Waals surface area contributed by atoms with Crippen molar-refractivity contribution in [2.24, 2.45) is 0 Å². The predicted molar refractivity (Wildman–Crippen MR) is 133 cm³/mol. The van der Waals surface area contributed by atoms with Crippen LogP contribution in [0.2, 0.25) is 0 Å². The van der Waals surface area contributed by atoms with E-state index in [1.165, 1.54) is 49.3 Å². The summed E-state index contributed by atoms with van der Waals surface area (Å²) in [5.74, 6) is 0. The molecule has 5 aromatic carbocycles. The van der Waals surface area contributed by atoms with E-state index in [2.05, 4.69) is 122 Å². The van der Waals surface area contributed by atoms with Gasteiger partial charge in [0, 0.05) is 35.0 Å². The van der Waals surface area contributed by atoms with Crippen molar-refractivity contribution in [2.45, 2.75) is 19.3 Å². The molecule has 1 heterocycles. The number of hydrogen-bond donors (Lipinski definition) is 1. The summed E-state index contributed by atoms with van der Waals surface area (Å²) in [7, 11) is 2.16. The molecular formula is C29H25N2+. The summed E-state index contributed by atoms with van der Waals surface area (Å²) in [6.45, 7) is 4.59. The number of nitrogens with zero attached hydrogens (tertiary/aromatic N) is 1. The highest BCUT2D eigenvalue weighted by molar-refractivity contribution is 6.25. The van der Waals surface area contributed by atoms with Gasteiger partial charge in [0.25, 0.3) is 0 Å². The normalized spacial score (nSPS) is 15.6. The van der Waals surface area contributed by atoms with Crippen molar-refractivity contribution in [1.82, 2.24) is 0 Å². The molecule has 5 aromatic rings. The Bertz CT molecular complexity index is 1520. The zero-order valence-corrected chi connectivity index (χ0v) is 18.1. The Labute approximate surface area is 182 Å². The first-order chi connectivity index (χ1) is 15.1. The van der Waals surface area contributed by atoms with Gasteiger partial charge in [-0.25, -0.2) is 0 Å². The first-order valence-electron chi connectivity index (χ1n) is 10.9. The van der Waals surface area contributed by atoms with Crippen LogP contribution in [0.15, 0.2) is 91.1 Å². The number of anilines is 1. The molecule has 2 heteroatoms. The minimum atomic E-state index is -0.0216. The fourth-order valence-corrected chi connectivity index (χ4v) is 5.37. The lowest BCUT2D eigenvalue weighted by molar-refractivity contribution is -0.401. The lowest BCUT2D eigenvalue weighted by Crippen LogP contribution is -2.26. The molecule has 0 aromatic heterocycles. The van der Waals surface area contributed by atoms with Crippen molar-refractivity contribution in [3.63, 3.8) is 0 Å². The van der Waals surface area contributed by atoms with Crippen LogP contribution in [0.4, 0.5) is 11.4 Å². The second-order valence-corrected chi connectivity index (χ2v) is 9.03. The van der Waals surface area contributed by atoms with Crippen LogP contribution >= 0.6 is 0 Å². The Morgan fingerprint density at radius 2 is 1.42 bits per heavy atom. The van der Waals surface area contributed by atoms with Crippen LogP contribution in [-0.4, -0.2) is 17.3 Å². The molecule has 31 heavy (non-hydrogen) atoms. The van der Waals surface area contributed by atoms with Gasteiger partial charge in [-0.3, -0.25) is 0 Å². The number of allylic oxidation sites excluding steroid dienone is 1. The average Bonchev–Trinajstić information content (AvgIpc) is 2.99. The van der Waals surface area contributed by atoms with Crippen LogP contribution < -0.4 is 5.32 Å². The molecule has 0 saturated heterocycles. The van der Waals surface area contributed by atoms with Gasteiger partial charge in [0.1, 0.15) is 7.05 Å². The minimum Gasteiger partial charge on any atom is -0.361 e. The molecule has 0 aliphatic carbocycles. The Morgan fingerprint density at radius 3 is 2.19 bits per heavy atom. The molecule has 1 aliphatic rings. The van der Waals surface area contributed by atoms with Crippen molar-refractivity contribution in [3.8, 4) is 0 Å². The van der Waals surface area contributed by atoms with Gasteiger partial charge in [-0.1, -0.05) is 66.7 Å². The molecule has 0 atom stereocenters. The number of fused-ring (bicyclic) bond motifs is 1. The van der Waals surface area contributed by atoms with Crippen LogP contribution in [0.5, 0.6) is 0 Å². The number of rotatable bonds is 3. The van der Waals surface area contributed by atoms with Crippen molar-refractivity contribution in [3.05, 3.63) is 96.7 Å². The van der Waals surface area contributed by atoms with E-state index in [9.17, 15) is 0 Å². The minimum absolute atomic E-state index is 0.0216. The second kappa shape index (κ2) is 6.42. The van der Waals surface area contributed by atoms with E-state index in [4.69, 9.17) is 0 Å². The highest BCUT2D eigenvalue weighted by atomic mass is 15.0. The monoisotopic (exact) mass is 401 g/mol. The lowest BCUT2D eigenvalue weighted by atomic mass is 9.81. The van der Waals surface area contributed by atoms with E-state index in [1.54, 1.807) is 0 Å². The molecule has 0 radical (unpaired) electrons.